The van der Waals surface area contributed by atoms with Crippen molar-refractivity contribution in [1.82, 2.24) is 0 Å². The molecule has 0 bridgehead atoms. The molecule has 0 aliphatic rings. The van der Waals surface area contributed by atoms with Gasteiger partial charge in [-0.05, 0) is 18.6 Å². The summed E-state index contributed by atoms with van der Waals surface area (Å²) in [5.41, 5.74) is 0.0231. The summed E-state index contributed by atoms with van der Waals surface area (Å²) in [5.74, 6) is -0.837. The lowest BCUT2D eigenvalue weighted by Gasteiger charge is -1.97. The zero-order valence-electron chi connectivity index (χ0n) is 7.98. The molecule has 0 heterocycles. The summed E-state index contributed by atoms with van der Waals surface area (Å²) in [6.45, 7) is 1.76. The summed E-state index contributed by atoms with van der Waals surface area (Å²) in [5, 5.41) is 10.3. The highest BCUT2D eigenvalue weighted by atomic mass is 35.5. The number of rotatable bonds is 3. The lowest BCUT2D eigenvalue weighted by Crippen LogP contribution is -1.92. The Morgan fingerprint density at radius 3 is 2.80 bits per heavy atom. The molecule has 1 atom stereocenters. The van der Waals surface area contributed by atoms with E-state index < -0.39 is 16.4 Å². The predicted octanol–water partition coefficient (Wildman–Crippen LogP) is 3.37. The van der Waals surface area contributed by atoms with Crippen LogP contribution in [0.1, 0.15) is 12.5 Å². The van der Waals surface area contributed by atoms with Crippen molar-refractivity contribution < 1.29 is 9.31 Å². The van der Waals surface area contributed by atoms with E-state index >= 15 is 0 Å². The number of nitro groups is 1. The third-order valence-corrected chi connectivity index (χ3v) is 1.87. The minimum atomic E-state index is -0.837. The van der Waals surface area contributed by atoms with Crippen molar-refractivity contribution in [3.05, 3.63) is 45.8 Å². The first-order valence-electron chi connectivity index (χ1n) is 4.27. The Balaban J connectivity index is 3.03. The van der Waals surface area contributed by atoms with Gasteiger partial charge in [0.2, 0.25) is 5.82 Å². The van der Waals surface area contributed by atoms with Crippen molar-refractivity contribution in [3.63, 3.8) is 0 Å². The summed E-state index contributed by atoms with van der Waals surface area (Å²) >= 11 is 5.67. The van der Waals surface area contributed by atoms with E-state index in [1.165, 1.54) is 12.1 Å². The van der Waals surface area contributed by atoms with E-state index in [1.807, 2.05) is 0 Å². The van der Waals surface area contributed by atoms with Crippen molar-refractivity contribution in [2.45, 2.75) is 12.3 Å². The fraction of sp³-hybridized carbons (Fsp3) is 0.200. The number of nitro benzene ring substituents is 1. The number of nitrogens with zero attached hydrogens (tertiary/aromatic N) is 1. The van der Waals surface area contributed by atoms with Crippen LogP contribution in [-0.2, 0) is 0 Å². The number of allylic oxidation sites excluding steroid dienone is 1. The molecule has 0 aliphatic carbocycles. The molecular formula is C10H9ClFNO2. The SMILES string of the molecule is CC(Cl)/C=C/c1ccc(F)c([N+](=O)[O-])c1. The lowest BCUT2D eigenvalue weighted by molar-refractivity contribution is -0.387. The zero-order chi connectivity index (χ0) is 11.4. The molecule has 1 rings (SSSR count). The van der Waals surface area contributed by atoms with Crippen LogP contribution in [-0.4, -0.2) is 10.3 Å². The average Bonchev–Trinajstić information content (AvgIpc) is 2.16. The first-order chi connectivity index (χ1) is 7.00. The fourth-order valence-electron chi connectivity index (χ4n) is 1.02. The Labute approximate surface area is 91.3 Å². The molecule has 0 spiro atoms. The third-order valence-electron chi connectivity index (χ3n) is 1.72. The molecule has 1 unspecified atom stereocenters. The van der Waals surface area contributed by atoms with Crippen molar-refractivity contribution in [1.29, 1.82) is 0 Å². The molecule has 0 N–H and O–H groups in total. The Morgan fingerprint density at radius 1 is 1.60 bits per heavy atom. The molecule has 15 heavy (non-hydrogen) atoms. The van der Waals surface area contributed by atoms with Crippen LogP contribution in [0.3, 0.4) is 0 Å². The molecule has 1 aromatic rings. The van der Waals surface area contributed by atoms with Crippen LogP contribution < -0.4 is 0 Å². The van der Waals surface area contributed by atoms with Gasteiger partial charge in [-0.1, -0.05) is 18.2 Å². The Bertz CT molecular complexity index is 404. The number of benzene rings is 1. The summed E-state index contributed by atoms with van der Waals surface area (Å²) < 4.78 is 12.9. The number of hydrogen-bond acceptors (Lipinski definition) is 2. The van der Waals surface area contributed by atoms with E-state index in [2.05, 4.69) is 0 Å². The van der Waals surface area contributed by atoms with Crippen LogP contribution in [0, 0.1) is 15.9 Å². The number of hydrogen-bond donors (Lipinski definition) is 0. The van der Waals surface area contributed by atoms with Crippen molar-refractivity contribution in [3.8, 4) is 0 Å². The average molecular weight is 230 g/mol. The summed E-state index contributed by atoms with van der Waals surface area (Å²) in [4.78, 5) is 9.67. The van der Waals surface area contributed by atoms with E-state index in [0.717, 1.165) is 6.07 Å². The highest BCUT2D eigenvalue weighted by Crippen LogP contribution is 2.19. The van der Waals surface area contributed by atoms with Gasteiger partial charge >= 0.3 is 5.69 Å². The summed E-state index contributed by atoms with van der Waals surface area (Å²) in [6.07, 6.45) is 3.28. The summed E-state index contributed by atoms with van der Waals surface area (Å²) in [7, 11) is 0. The first kappa shape index (κ1) is 11.7. The first-order valence-corrected chi connectivity index (χ1v) is 4.70. The molecule has 5 heteroatoms. The maximum Gasteiger partial charge on any atom is 0.305 e. The van der Waals surface area contributed by atoms with Gasteiger partial charge in [-0.25, -0.2) is 0 Å². The topological polar surface area (TPSA) is 43.1 Å². The van der Waals surface area contributed by atoms with Gasteiger partial charge in [-0.15, -0.1) is 11.6 Å². The van der Waals surface area contributed by atoms with Crippen molar-refractivity contribution >= 4 is 23.4 Å². The normalized spacial score (nSPS) is 13.0. The molecule has 0 saturated heterocycles. The maximum absolute atomic E-state index is 12.9. The van der Waals surface area contributed by atoms with Crippen LogP contribution in [0.25, 0.3) is 6.08 Å². The molecule has 0 aromatic heterocycles. The highest BCUT2D eigenvalue weighted by Gasteiger charge is 2.13. The second-order valence-corrected chi connectivity index (χ2v) is 3.69. The van der Waals surface area contributed by atoms with E-state index in [4.69, 9.17) is 11.6 Å². The van der Waals surface area contributed by atoms with Gasteiger partial charge in [0, 0.05) is 11.4 Å². The van der Waals surface area contributed by atoms with Crippen molar-refractivity contribution in [2.24, 2.45) is 0 Å². The maximum atomic E-state index is 12.9. The second-order valence-electron chi connectivity index (χ2n) is 3.00. The quantitative estimate of drug-likeness (QED) is 0.453. The predicted molar refractivity (Wildman–Crippen MR) is 57.4 cm³/mol. The second kappa shape index (κ2) is 4.89. The van der Waals surface area contributed by atoms with Gasteiger partial charge in [0.05, 0.1) is 4.92 Å². The largest absolute Gasteiger partial charge is 0.305 e. The van der Waals surface area contributed by atoms with Crippen LogP contribution >= 0.6 is 11.6 Å². The van der Waals surface area contributed by atoms with Gasteiger partial charge < -0.3 is 0 Å². The molecule has 0 aliphatic heterocycles. The van der Waals surface area contributed by atoms with Crippen LogP contribution in [0.2, 0.25) is 0 Å². The molecule has 0 radical (unpaired) electrons. The van der Waals surface area contributed by atoms with Crippen molar-refractivity contribution in [2.75, 3.05) is 0 Å². The smallest absolute Gasteiger partial charge is 0.258 e. The fourth-order valence-corrected chi connectivity index (χ4v) is 1.09. The Kier molecular flexibility index (Phi) is 3.80. The molecule has 1 aromatic carbocycles. The van der Waals surface area contributed by atoms with Crippen LogP contribution in [0.4, 0.5) is 10.1 Å². The van der Waals surface area contributed by atoms with E-state index in [-0.39, 0.29) is 5.38 Å². The monoisotopic (exact) mass is 229 g/mol. The third kappa shape index (κ3) is 3.32. The van der Waals surface area contributed by atoms with Gasteiger partial charge in [0.1, 0.15) is 0 Å². The zero-order valence-corrected chi connectivity index (χ0v) is 8.74. The van der Waals surface area contributed by atoms with Gasteiger partial charge in [-0.3, -0.25) is 10.1 Å². The molecule has 0 amide bonds. The van der Waals surface area contributed by atoms with Crippen LogP contribution in [0.15, 0.2) is 24.3 Å². The Hall–Kier alpha value is -1.42. The minimum absolute atomic E-state index is 0.172. The highest BCUT2D eigenvalue weighted by molar-refractivity contribution is 6.21. The number of alkyl halides is 1. The lowest BCUT2D eigenvalue weighted by atomic mass is 10.1. The van der Waals surface area contributed by atoms with Crippen LogP contribution in [0.5, 0.6) is 0 Å². The van der Waals surface area contributed by atoms with E-state index in [9.17, 15) is 14.5 Å². The molecule has 0 fully saturated rings. The molecule has 80 valence electrons. The molecule has 3 nitrogen and oxygen atoms in total. The van der Waals surface area contributed by atoms with E-state index in [0.29, 0.717) is 5.56 Å². The standard InChI is InChI=1S/C10H9ClFNO2/c1-7(11)2-3-8-4-5-9(12)10(6-8)13(14)15/h2-7H,1H3/b3-2+. The Morgan fingerprint density at radius 2 is 2.27 bits per heavy atom. The number of halogens is 2. The molecular weight excluding hydrogens is 221 g/mol. The van der Waals surface area contributed by atoms with E-state index in [1.54, 1.807) is 19.1 Å². The van der Waals surface area contributed by atoms with Gasteiger partial charge in [0.25, 0.3) is 0 Å². The summed E-state index contributed by atoms with van der Waals surface area (Å²) in [6, 6.07) is 3.69. The minimum Gasteiger partial charge on any atom is -0.258 e. The van der Waals surface area contributed by atoms with Gasteiger partial charge in [-0.2, -0.15) is 4.39 Å². The van der Waals surface area contributed by atoms with Gasteiger partial charge in [0.15, 0.2) is 0 Å². The molecule has 0 saturated carbocycles.